The molecular formula is C11H11Cl3Hf. The number of hydrogen-bond donors (Lipinski definition) is 0. The minimum absolute atomic E-state index is 0. The van der Waals surface area contributed by atoms with E-state index in [2.05, 4.69) is 42.9 Å². The first-order valence-corrected chi connectivity index (χ1v) is 4.01. The Hall–Kier alpha value is 0.570. The van der Waals surface area contributed by atoms with Crippen molar-refractivity contribution in [1.82, 2.24) is 0 Å². The zero-order chi connectivity index (χ0) is 7.52. The fourth-order valence-electron chi connectivity index (χ4n) is 1.38. The van der Waals surface area contributed by atoms with Gasteiger partial charge in [0.05, 0.1) is 0 Å². The van der Waals surface area contributed by atoms with Gasteiger partial charge in [-0.2, -0.15) is 29.7 Å². The molecule has 2 aliphatic carbocycles. The van der Waals surface area contributed by atoms with Crippen LogP contribution in [0.15, 0.2) is 47.6 Å². The van der Waals surface area contributed by atoms with E-state index in [0.29, 0.717) is 0 Å². The number of allylic oxidation sites excluding steroid dienone is 8. The maximum absolute atomic E-state index is 2.28. The van der Waals surface area contributed by atoms with Gasteiger partial charge in [0.25, 0.3) is 0 Å². The molecule has 0 spiro atoms. The predicted octanol–water partition coefficient (Wildman–Crippen LogP) is -6.03. The Bertz CT molecular complexity index is 250. The molecule has 0 saturated carbocycles. The molecule has 15 heavy (non-hydrogen) atoms. The molecule has 80 valence electrons. The van der Waals surface area contributed by atoms with Crippen LogP contribution in [0.5, 0.6) is 0 Å². The summed E-state index contributed by atoms with van der Waals surface area (Å²) >= 11 is 0. The van der Waals surface area contributed by atoms with Crippen molar-refractivity contribution in [3.63, 3.8) is 0 Å². The van der Waals surface area contributed by atoms with Crippen LogP contribution in [0.4, 0.5) is 0 Å². The van der Waals surface area contributed by atoms with Crippen molar-refractivity contribution >= 4 is 0 Å². The number of rotatable bonds is 2. The van der Waals surface area contributed by atoms with Gasteiger partial charge in [0, 0.05) is 0 Å². The van der Waals surface area contributed by atoms with Gasteiger partial charge >= 0.3 is 25.8 Å². The molecule has 0 radical (unpaired) electrons. The van der Waals surface area contributed by atoms with Gasteiger partial charge in [-0.3, -0.25) is 0 Å². The summed E-state index contributed by atoms with van der Waals surface area (Å²) in [5.74, 6) is 0. The average molecular weight is 428 g/mol. The SMILES string of the molecule is C1=CCC([CH-]C2=CC=CC2)=C1.[Cl-].[Cl-].[Cl-].[Hf+4]. The third-order valence-electron chi connectivity index (χ3n) is 1.97. The van der Waals surface area contributed by atoms with E-state index in [1.807, 2.05) is 0 Å². The smallest absolute Gasteiger partial charge is 1.00 e. The van der Waals surface area contributed by atoms with Gasteiger partial charge < -0.3 is 37.2 Å². The Morgan fingerprint density at radius 1 is 0.800 bits per heavy atom. The molecule has 0 aromatic heterocycles. The fraction of sp³-hybridized carbons (Fsp3) is 0.182. The van der Waals surface area contributed by atoms with E-state index in [-0.39, 0.29) is 63.1 Å². The Morgan fingerprint density at radius 2 is 1.20 bits per heavy atom. The third-order valence-corrected chi connectivity index (χ3v) is 1.97. The van der Waals surface area contributed by atoms with E-state index >= 15 is 0 Å². The van der Waals surface area contributed by atoms with Gasteiger partial charge in [0.15, 0.2) is 0 Å². The molecule has 0 fully saturated rings. The van der Waals surface area contributed by atoms with Crippen molar-refractivity contribution in [3.05, 3.63) is 54.0 Å². The molecule has 0 atom stereocenters. The second-order valence-corrected chi connectivity index (χ2v) is 2.89. The van der Waals surface area contributed by atoms with Crippen LogP contribution < -0.4 is 37.2 Å². The Balaban J connectivity index is -0.000000360. The fourth-order valence-corrected chi connectivity index (χ4v) is 1.38. The molecule has 4 heteroatoms. The molecule has 0 heterocycles. The first kappa shape index (κ1) is 20.9. The largest absolute Gasteiger partial charge is 4.00 e. The van der Waals surface area contributed by atoms with Gasteiger partial charge in [-0.15, -0.1) is 12.2 Å². The van der Waals surface area contributed by atoms with Crippen LogP contribution in [-0.2, 0) is 25.8 Å². The van der Waals surface area contributed by atoms with Crippen molar-refractivity contribution in [2.24, 2.45) is 0 Å². The maximum Gasteiger partial charge on any atom is 4.00 e. The van der Waals surface area contributed by atoms with Crippen molar-refractivity contribution in [3.8, 4) is 0 Å². The van der Waals surface area contributed by atoms with E-state index in [1.54, 1.807) is 0 Å². The van der Waals surface area contributed by atoms with Crippen LogP contribution in [0.25, 0.3) is 0 Å². The van der Waals surface area contributed by atoms with E-state index in [4.69, 9.17) is 0 Å². The summed E-state index contributed by atoms with van der Waals surface area (Å²) in [5, 5.41) is 0. The average Bonchev–Trinajstić information content (AvgIpc) is 2.60. The minimum atomic E-state index is 0. The normalized spacial score (nSPS) is 14.9. The zero-order valence-electron chi connectivity index (χ0n) is 8.09. The molecule has 0 aromatic rings. The molecule has 2 aliphatic rings. The second-order valence-electron chi connectivity index (χ2n) is 2.89. The number of hydrogen-bond acceptors (Lipinski definition) is 0. The van der Waals surface area contributed by atoms with E-state index in [1.165, 1.54) is 11.1 Å². The molecule has 0 nitrogen and oxygen atoms in total. The van der Waals surface area contributed by atoms with Crippen LogP contribution in [0, 0.1) is 6.42 Å². The zero-order valence-corrected chi connectivity index (χ0v) is 14.0. The molecule has 0 saturated heterocycles. The monoisotopic (exact) mass is 428 g/mol. The van der Waals surface area contributed by atoms with Gasteiger partial charge in [-0.1, -0.05) is 12.2 Å². The van der Waals surface area contributed by atoms with Crippen molar-refractivity contribution in [2.75, 3.05) is 0 Å². The molecule has 0 amide bonds. The van der Waals surface area contributed by atoms with Gasteiger partial charge in [0.2, 0.25) is 0 Å². The predicted molar refractivity (Wildman–Crippen MR) is 48.0 cm³/mol. The van der Waals surface area contributed by atoms with Crippen molar-refractivity contribution < 1.29 is 63.1 Å². The molecule has 0 unspecified atom stereocenters. The molecular weight excluding hydrogens is 417 g/mol. The van der Waals surface area contributed by atoms with E-state index in [9.17, 15) is 0 Å². The van der Waals surface area contributed by atoms with Crippen LogP contribution in [0.3, 0.4) is 0 Å². The quantitative estimate of drug-likeness (QED) is 0.304. The van der Waals surface area contributed by atoms with Gasteiger partial charge in [0.1, 0.15) is 0 Å². The topological polar surface area (TPSA) is 0 Å². The van der Waals surface area contributed by atoms with Crippen LogP contribution in [-0.4, -0.2) is 0 Å². The minimum Gasteiger partial charge on any atom is -1.00 e. The maximum atomic E-state index is 2.28. The summed E-state index contributed by atoms with van der Waals surface area (Å²) in [6.07, 6.45) is 17.5. The van der Waals surface area contributed by atoms with Gasteiger partial charge in [-0.25, -0.2) is 0 Å². The summed E-state index contributed by atoms with van der Waals surface area (Å²) in [6.45, 7) is 0. The van der Waals surface area contributed by atoms with Crippen LogP contribution in [0.1, 0.15) is 12.8 Å². The Labute approximate surface area is 129 Å². The standard InChI is InChI=1S/C11H11.3ClH.Hf/c1-2-6-10(5-1)9-11-7-3-4-8-11;;;;/h1-5,7,9H,6,8H2;3*1H;/q-1;;;;+4/p-3. The summed E-state index contributed by atoms with van der Waals surface area (Å²) in [5.41, 5.74) is 2.86. The first-order chi connectivity index (χ1) is 5.45. The Morgan fingerprint density at radius 3 is 1.47 bits per heavy atom. The molecule has 0 aromatic carbocycles. The Kier molecular flexibility index (Phi) is 15.4. The number of halogens is 3. The molecule has 2 rings (SSSR count). The van der Waals surface area contributed by atoms with Crippen LogP contribution >= 0.6 is 0 Å². The summed E-state index contributed by atoms with van der Waals surface area (Å²) in [6, 6.07) is 0. The van der Waals surface area contributed by atoms with E-state index < -0.39 is 0 Å². The second kappa shape index (κ2) is 11.1. The first-order valence-electron chi connectivity index (χ1n) is 4.01. The summed E-state index contributed by atoms with van der Waals surface area (Å²) < 4.78 is 0. The van der Waals surface area contributed by atoms with Crippen molar-refractivity contribution in [2.45, 2.75) is 12.8 Å². The van der Waals surface area contributed by atoms with Crippen molar-refractivity contribution in [1.29, 1.82) is 0 Å². The molecule has 0 N–H and O–H groups in total. The molecule has 0 bridgehead atoms. The van der Waals surface area contributed by atoms with Gasteiger partial charge in [-0.05, 0) is 12.8 Å². The summed E-state index contributed by atoms with van der Waals surface area (Å²) in [4.78, 5) is 0. The van der Waals surface area contributed by atoms with Crippen LogP contribution in [0.2, 0.25) is 0 Å². The third kappa shape index (κ3) is 6.68. The van der Waals surface area contributed by atoms with E-state index in [0.717, 1.165) is 12.8 Å². The summed E-state index contributed by atoms with van der Waals surface area (Å²) in [7, 11) is 0. The molecule has 0 aliphatic heterocycles.